The van der Waals surface area contributed by atoms with E-state index in [9.17, 15) is 9.59 Å². The van der Waals surface area contributed by atoms with Gasteiger partial charge in [-0.05, 0) is 36.1 Å². The van der Waals surface area contributed by atoms with Crippen molar-refractivity contribution in [3.8, 4) is 22.5 Å². The van der Waals surface area contributed by atoms with E-state index in [-0.39, 0.29) is 11.7 Å². The number of anilines is 1. The normalized spacial score (nSPS) is 13.7. The predicted molar refractivity (Wildman–Crippen MR) is 150 cm³/mol. The third-order valence-electron chi connectivity index (χ3n) is 6.79. The fourth-order valence-corrected chi connectivity index (χ4v) is 5.69. The highest BCUT2D eigenvalue weighted by molar-refractivity contribution is 7.99. The van der Waals surface area contributed by atoms with E-state index in [1.807, 2.05) is 18.2 Å². The first-order chi connectivity index (χ1) is 18.6. The maximum absolute atomic E-state index is 12.8. The number of carbonyl (C=O) groups is 2. The number of rotatable bonds is 8. The number of hydrogen-bond donors (Lipinski definition) is 1. The molecule has 0 radical (unpaired) electrons. The van der Waals surface area contributed by atoms with Gasteiger partial charge in [0.25, 0.3) is 0 Å². The third-order valence-corrected chi connectivity index (χ3v) is 7.74. The lowest BCUT2D eigenvalue weighted by molar-refractivity contribution is -0.113. The summed E-state index contributed by atoms with van der Waals surface area (Å²) in [6, 6.07) is 25.8. The van der Waals surface area contributed by atoms with Gasteiger partial charge in [0.15, 0.2) is 11.0 Å². The number of benzene rings is 3. The zero-order valence-corrected chi connectivity index (χ0v) is 22.1. The van der Waals surface area contributed by atoms with E-state index in [0.29, 0.717) is 17.3 Å². The van der Waals surface area contributed by atoms with Crippen LogP contribution in [-0.4, -0.2) is 39.5 Å². The maximum atomic E-state index is 12.8. The maximum Gasteiger partial charge on any atom is 0.339 e. The third kappa shape index (κ3) is 5.81. The summed E-state index contributed by atoms with van der Waals surface area (Å²) in [5, 5.41) is 12.7. The Hall–Kier alpha value is -3.91. The second-order valence-electron chi connectivity index (χ2n) is 9.29. The van der Waals surface area contributed by atoms with Crippen molar-refractivity contribution >= 4 is 29.3 Å². The number of para-hydroxylation sites is 1. The van der Waals surface area contributed by atoms with Crippen LogP contribution in [0.3, 0.4) is 0 Å². The van der Waals surface area contributed by atoms with Crippen LogP contribution in [0.4, 0.5) is 5.69 Å². The van der Waals surface area contributed by atoms with Gasteiger partial charge < -0.3 is 10.1 Å². The van der Waals surface area contributed by atoms with E-state index < -0.39 is 5.97 Å². The fraction of sp³-hybridized carbons (Fsp3) is 0.267. The molecule has 1 heterocycles. The Labute approximate surface area is 226 Å². The minimum absolute atomic E-state index is 0.146. The monoisotopic (exact) mass is 526 g/mol. The lowest BCUT2D eigenvalue weighted by atomic mass is 9.95. The average molecular weight is 527 g/mol. The van der Waals surface area contributed by atoms with Gasteiger partial charge in [-0.1, -0.05) is 97.8 Å². The highest BCUT2D eigenvalue weighted by Gasteiger charge is 2.24. The summed E-state index contributed by atoms with van der Waals surface area (Å²) in [7, 11) is 1.32. The van der Waals surface area contributed by atoms with Crippen LogP contribution in [0.5, 0.6) is 0 Å². The zero-order valence-electron chi connectivity index (χ0n) is 21.3. The van der Waals surface area contributed by atoms with Gasteiger partial charge in [0.05, 0.1) is 24.1 Å². The van der Waals surface area contributed by atoms with Crippen LogP contribution in [0, 0.1) is 0 Å². The van der Waals surface area contributed by atoms with Crippen LogP contribution in [0.15, 0.2) is 84.0 Å². The van der Waals surface area contributed by atoms with Crippen molar-refractivity contribution in [1.29, 1.82) is 0 Å². The Balaban J connectivity index is 1.36. The number of carbonyl (C=O) groups excluding carboxylic acids is 2. The number of thioether (sulfide) groups is 1. The summed E-state index contributed by atoms with van der Waals surface area (Å²) in [6.45, 7) is 0. The highest BCUT2D eigenvalue weighted by Crippen LogP contribution is 2.36. The van der Waals surface area contributed by atoms with Gasteiger partial charge in [-0.2, -0.15) is 0 Å². The van der Waals surface area contributed by atoms with E-state index in [1.54, 1.807) is 24.3 Å². The van der Waals surface area contributed by atoms with E-state index >= 15 is 0 Å². The van der Waals surface area contributed by atoms with Crippen molar-refractivity contribution in [3.05, 3.63) is 84.4 Å². The average Bonchev–Trinajstić information content (AvgIpc) is 3.41. The molecule has 7 nitrogen and oxygen atoms in total. The molecular formula is C30H30N4O3S. The molecule has 1 saturated carbocycles. The highest BCUT2D eigenvalue weighted by atomic mass is 32.2. The molecule has 0 bridgehead atoms. The second kappa shape index (κ2) is 12.1. The molecule has 0 saturated heterocycles. The first kappa shape index (κ1) is 25.7. The smallest absolute Gasteiger partial charge is 0.339 e. The van der Waals surface area contributed by atoms with Crippen LogP contribution in [0.1, 0.15) is 48.5 Å². The second-order valence-corrected chi connectivity index (χ2v) is 10.2. The molecule has 5 rings (SSSR count). The molecule has 38 heavy (non-hydrogen) atoms. The molecule has 1 aliphatic rings. The van der Waals surface area contributed by atoms with Gasteiger partial charge in [0.2, 0.25) is 5.91 Å². The molecule has 1 amide bonds. The van der Waals surface area contributed by atoms with E-state index in [1.165, 1.54) is 43.7 Å². The molecule has 0 atom stereocenters. The summed E-state index contributed by atoms with van der Waals surface area (Å²) in [4.78, 5) is 24.9. The van der Waals surface area contributed by atoms with Crippen LogP contribution in [-0.2, 0) is 9.53 Å². The fourth-order valence-electron chi connectivity index (χ4n) is 4.88. The number of methoxy groups -OCH3 is 1. The van der Waals surface area contributed by atoms with E-state index in [4.69, 9.17) is 4.74 Å². The van der Waals surface area contributed by atoms with Gasteiger partial charge in [0.1, 0.15) is 0 Å². The molecule has 194 valence electrons. The number of amides is 1. The molecular weight excluding hydrogens is 496 g/mol. The van der Waals surface area contributed by atoms with Crippen LogP contribution >= 0.6 is 11.8 Å². The molecule has 3 aromatic carbocycles. The van der Waals surface area contributed by atoms with Crippen LogP contribution in [0.2, 0.25) is 0 Å². The predicted octanol–water partition coefficient (Wildman–Crippen LogP) is 6.63. The van der Waals surface area contributed by atoms with Gasteiger partial charge in [-0.15, -0.1) is 10.2 Å². The van der Waals surface area contributed by atoms with Gasteiger partial charge in [-0.3, -0.25) is 9.36 Å². The quantitative estimate of drug-likeness (QED) is 0.205. The minimum Gasteiger partial charge on any atom is -0.465 e. The molecule has 0 spiro atoms. The lowest BCUT2D eigenvalue weighted by Crippen LogP contribution is -2.18. The molecule has 4 aromatic rings. The van der Waals surface area contributed by atoms with Gasteiger partial charge in [0, 0.05) is 11.6 Å². The summed E-state index contributed by atoms with van der Waals surface area (Å²) >= 11 is 1.36. The van der Waals surface area contributed by atoms with Crippen molar-refractivity contribution < 1.29 is 14.3 Å². The Morgan fingerprint density at radius 3 is 2.26 bits per heavy atom. The molecule has 0 aliphatic heterocycles. The van der Waals surface area contributed by atoms with E-state index in [0.717, 1.165) is 34.9 Å². The van der Waals surface area contributed by atoms with Crippen molar-refractivity contribution in [2.24, 2.45) is 0 Å². The van der Waals surface area contributed by atoms with Crippen LogP contribution < -0.4 is 5.32 Å². The standard InChI is InChI=1S/C30H30N4O3S/c1-37-29(36)25-14-8-9-15-26(25)31-27(35)20-38-30-33-32-28(34(30)24-12-6-3-7-13-24)23-18-16-22(17-19-23)21-10-4-2-5-11-21/h2,4-5,8-11,14-19,24H,3,6-7,12-13,20H2,1H3,(H,31,35). The summed E-state index contributed by atoms with van der Waals surface area (Å²) in [6.07, 6.45) is 5.72. The molecule has 1 aliphatic carbocycles. The Kier molecular flexibility index (Phi) is 8.19. The first-order valence-electron chi connectivity index (χ1n) is 12.8. The molecule has 1 N–H and O–H groups in total. The van der Waals surface area contributed by atoms with Gasteiger partial charge >= 0.3 is 5.97 Å². The topological polar surface area (TPSA) is 86.1 Å². The number of hydrogen-bond acceptors (Lipinski definition) is 6. The number of nitrogens with zero attached hydrogens (tertiary/aromatic N) is 3. The van der Waals surface area contributed by atoms with Crippen LogP contribution in [0.25, 0.3) is 22.5 Å². The Morgan fingerprint density at radius 2 is 1.53 bits per heavy atom. The largest absolute Gasteiger partial charge is 0.465 e. The number of aromatic nitrogens is 3. The molecule has 1 fully saturated rings. The lowest BCUT2D eigenvalue weighted by Gasteiger charge is -2.25. The number of esters is 1. The Bertz CT molecular complexity index is 1400. The molecule has 1 aromatic heterocycles. The first-order valence-corrected chi connectivity index (χ1v) is 13.8. The van der Waals surface area contributed by atoms with Crippen molar-refractivity contribution in [2.75, 3.05) is 18.2 Å². The number of nitrogens with one attached hydrogen (secondary N) is 1. The minimum atomic E-state index is -0.492. The zero-order chi connectivity index (χ0) is 26.3. The summed E-state index contributed by atoms with van der Waals surface area (Å²) < 4.78 is 7.05. The summed E-state index contributed by atoms with van der Waals surface area (Å²) in [5.41, 5.74) is 4.07. The van der Waals surface area contributed by atoms with Gasteiger partial charge in [-0.25, -0.2) is 4.79 Å². The van der Waals surface area contributed by atoms with E-state index in [2.05, 4.69) is 56.5 Å². The summed E-state index contributed by atoms with van der Waals surface area (Å²) in [5.74, 6) is 0.259. The Morgan fingerprint density at radius 1 is 0.868 bits per heavy atom. The molecule has 8 heteroatoms. The molecule has 0 unspecified atom stereocenters. The SMILES string of the molecule is COC(=O)c1ccccc1NC(=O)CSc1nnc(-c2ccc(-c3ccccc3)cc2)n1C1CCCCC1. The van der Waals surface area contributed by atoms with Crippen molar-refractivity contribution in [2.45, 2.75) is 43.3 Å². The van der Waals surface area contributed by atoms with Crippen molar-refractivity contribution in [1.82, 2.24) is 14.8 Å². The number of ether oxygens (including phenoxy) is 1. The van der Waals surface area contributed by atoms with Crippen molar-refractivity contribution in [3.63, 3.8) is 0 Å².